The van der Waals surface area contributed by atoms with Crippen molar-refractivity contribution in [3.05, 3.63) is 35.9 Å². The number of esters is 1. The van der Waals surface area contributed by atoms with Gasteiger partial charge in [0.05, 0.1) is 6.61 Å². The van der Waals surface area contributed by atoms with Gasteiger partial charge in [0.15, 0.2) is 5.41 Å². The molecule has 0 aliphatic heterocycles. The molecule has 0 bridgehead atoms. The van der Waals surface area contributed by atoms with Crippen molar-refractivity contribution < 1.29 is 19.4 Å². The Balaban J connectivity index is 3.32. The van der Waals surface area contributed by atoms with Crippen molar-refractivity contribution in [1.29, 1.82) is 0 Å². The van der Waals surface area contributed by atoms with Crippen LogP contribution in [-0.2, 0) is 19.7 Å². The number of aliphatic carboxylic acids is 1. The highest BCUT2D eigenvalue weighted by Gasteiger charge is 2.48. The van der Waals surface area contributed by atoms with Crippen LogP contribution in [0, 0.1) is 12.3 Å². The second-order valence-corrected chi connectivity index (χ2v) is 4.00. The number of terminal acetylenes is 1. The Hall–Kier alpha value is -2.28. The number of hydrogen-bond acceptors (Lipinski definition) is 3. The number of benzene rings is 1. The zero-order valence-corrected chi connectivity index (χ0v) is 10.8. The summed E-state index contributed by atoms with van der Waals surface area (Å²) < 4.78 is 4.93. The van der Waals surface area contributed by atoms with Crippen LogP contribution in [0.25, 0.3) is 0 Å². The van der Waals surface area contributed by atoms with Crippen molar-refractivity contribution in [3.8, 4) is 12.3 Å². The van der Waals surface area contributed by atoms with Gasteiger partial charge in [0, 0.05) is 6.42 Å². The molecule has 1 rings (SSSR count). The third-order valence-electron chi connectivity index (χ3n) is 2.90. The van der Waals surface area contributed by atoms with Gasteiger partial charge in [-0.2, -0.15) is 0 Å². The summed E-state index contributed by atoms with van der Waals surface area (Å²) in [4.78, 5) is 23.8. The van der Waals surface area contributed by atoms with Gasteiger partial charge < -0.3 is 9.84 Å². The highest BCUT2D eigenvalue weighted by Crippen LogP contribution is 2.31. The van der Waals surface area contributed by atoms with Crippen molar-refractivity contribution >= 4 is 11.9 Å². The third kappa shape index (κ3) is 2.94. The predicted octanol–water partition coefficient (Wildman–Crippen LogP) is 1.99. The smallest absolute Gasteiger partial charge is 0.328 e. The summed E-state index contributed by atoms with van der Waals surface area (Å²) in [5.74, 6) is 0.356. The third-order valence-corrected chi connectivity index (χ3v) is 2.90. The van der Waals surface area contributed by atoms with Crippen LogP contribution in [0.1, 0.15) is 25.3 Å². The fraction of sp³-hybridized carbons (Fsp3) is 0.333. The lowest BCUT2D eigenvalue weighted by atomic mass is 9.76. The number of carboxylic acids is 1. The average molecular weight is 260 g/mol. The summed E-state index contributed by atoms with van der Waals surface area (Å²) >= 11 is 0. The lowest BCUT2D eigenvalue weighted by Crippen LogP contribution is -2.45. The first-order valence-corrected chi connectivity index (χ1v) is 5.99. The monoisotopic (exact) mass is 260 g/mol. The van der Waals surface area contributed by atoms with Gasteiger partial charge in [-0.3, -0.25) is 9.59 Å². The highest BCUT2D eigenvalue weighted by molar-refractivity contribution is 6.05. The van der Waals surface area contributed by atoms with Crippen molar-refractivity contribution in [1.82, 2.24) is 0 Å². The molecule has 4 heteroatoms. The maximum absolute atomic E-state index is 12.1. The minimum Gasteiger partial charge on any atom is -0.480 e. The van der Waals surface area contributed by atoms with Gasteiger partial charge in [0.25, 0.3) is 0 Å². The largest absolute Gasteiger partial charge is 0.480 e. The van der Waals surface area contributed by atoms with Crippen LogP contribution in [0.5, 0.6) is 0 Å². The number of carboxylic acid groups (broad SMARTS) is 1. The van der Waals surface area contributed by atoms with Gasteiger partial charge in [-0.15, -0.1) is 12.3 Å². The molecule has 100 valence electrons. The molecule has 0 aliphatic carbocycles. The summed E-state index contributed by atoms with van der Waals surface area (Å²) in [7, 11) is 0. The molecule has 0 saturated carbocycles. The van der Waals surface area contributed by atoms with E-state index >= 15 is 0 Å². The first-order valence-electron chi connectivity index (χ1n) is 5.99. The molecule has 1 N–H and O–H groups in total. The van der Waals surface area contributed by atoms with Crippen molar-refractivity contribution in [2.45, 2.75) is 25.2 Å². The normalized spacial score (nSPS) is 13.1. The molecule has 0 amide bonds. The van der Waals surface area contributed by atoms with E-state index in [2.05, 4.69) is 5.92 Å². The molecule has 0 heterocycles. The summed E-state index contributed by atoms with van der Waals surface area (Å²) in [5.41, 5.74) is -1.35. The molecule has 0 aliphatic rings. The van der Waals surface area contributed by atoms with Crippen molar-refractivity contribution in [2.75, 3.05) is 6.61 Å². The Morgan fingerprint density at radius 2 is 2.00 bits per heavy atom. The Kier molecular flexibility index (Phi) is 5.13. The molecule has 1 aromatic rings. The quantitative estimate of drug-likeness (QED) is 0.482. The Labute approximate surface area is 112 Å². The maximum Gasteiger partial charge on any atom is 0.328 e. The van der Waals surface area contributed by atoms with Gasteiger partial charge in [0.2, 0.25) is 0 Å². The zero-order chi connectivity index (χ0) is 14.3. The van der Waals surface area contributed by atoms with E-state index in [-0.39, 0.29) is 19.4 Å². The van der Waals surface area contributed by atoms with Crippen LogP contribution in [0.2, 0.25) is 0 Å². The molecule has 1 aromatic carbocycles. The van der Waals surface area contributed by atoms with Gasteiger partial charge in [-0.1, -0.05) is 30.3 Å². The summed E-state index contributed by atoms with van der Waals surface area (Å²) in [6.45, 7) is 1.76. The SMILES string of the molecule is C#CCCC(C(=O)O)(C(=O)OCC)c1ccccc1. The van der Waals surface area contributed by atoms with E-state index in [0.717, 1.165) is 0 Å². The first kappa shape index (κ1) is 14.8. The molecule has 0 fully saturated rings. The second-order valence-electron chi connectivity index (χ2n) is 4.00. The summed E-state index contributed by atoms with van der Waals surface area (Å²) in [6, 6.07) is 8.32. The molecule has 1 atom stereocenters. The van der Waals surface area contributed by atoms with Crippen LogP contribution in [0.15, 0.2) is 30.3 Å². The van der Waals surface area contributed by atoms with E-state index in [1.807, 2.05) is 0 Å². The Morgan fingerprint density at radius 1 is 1.37 bits per heavy atom. The van der Waals surface area contributed by atoms with E-state index < -0.39 is 17.4 Å². The van der Waals surface area contributed by atoms with Crippen LogP contribution in [0.3, 0.4) is 0 Å². The minimum atomic E-state index is -1.73. The Morgan fingerprint density at radius 3 is 2.47 bits per heavy atom. The van der Waals surface area contributed by atoms with Crippen molar-refractivity contribution in [3.63, 3.8) is 0 Å². The standard InChI is InChI=1S/C15H16O4/c1-3-5-11-15(13(16)17,14(18)19-4-2)12-9-7-6-8-10-12/h1,6-10H,4-5,11H2,2H3,(H,16,17). The molecule has 0 aromatic heterocycles. The lowest BCUT2D eigenvalue weighted by Gasteiger charge is -2.26. The van der Waals surface area contributed by atoms with Crippen LogP contribution in [0.4, 0.5) is 0 Å². The van der Waals surface area contributed by atoms with Gasteiger partial charge >= 0.3 is 11.9 Å². The number of carbonyl (C=O) groups excluding carboxylic acids is 1. The van der Waals surface area contributed by atoms with E-state index in [4.69, 9.17) is 11.2 Å². The van der Waals surface area contributed by atoms with Gasteiger partial charge in [0.1, 0.15) is 0 Å². The molecule has 0 spiro atoms. The average Bonchev–Trinajstić information content (AvgIpc) is 2.41. The summed E-state index contributed by atoms with van der Waals surface area (Å²) in [5, 5.41) is 9.53. The maximum atomic E-state index is 12.1. The van der Waals surface area contributed by atoms with E-state index in [1.54, 1.807) is 37.3 Å². The van der Waals surface area contributed by atoms with Crippen molar-refractivity contribution in [2.24, 2.45) is 0 Å². The van der Waals surface area contributed by atoms with Crippen LogP contribution < -0.4 is 0 Å². The lowest BCUT2D eigenvalue weighted by molar-refractivity contribution is -0.162. The molecule has 1 unspecified atom stereocenters. The van der Waals surface area contributed by atoms with E-state index in [9.17, 15) is 14.7 Å². The second kappa shape index (κ2) is 6.60. The number of rotatable bonds is 6. The molecule has 4 nitrogen and oxygen atoms in total. The highest BCUT2D eigenvalue weighted by atomic mass is 16.5. The van der Waals surface area contributed by atoms with E-state index in [0.29, 0.717) is 5.56 Å². The summed E-state index contributed by atoms with van der Waals surface area (Å²) in [6.07, 6.45) is 5.39. The Bertz CT molecular complexity index is 487. The molecule has 0 saturated heterocycles. The molecular weight excluding hydrogens is 244 g/mol. The molecule has 19 heavy (non-hydrogen) atoms. The van der Waals surface area contributed by atoms with E-state index in [1.165, 1.54) is 0 Å². The molecule has 0 radical (unpaired) electrons. The minimum absolute atomic E-state index is 0.0156. The zero-order valence-electron chi connectivity index (χ0n) is 10.8. The molecular formula is C15H16O4. The van der Waals surface area contributed by atoms with Gasteiger partial charge in [-0.25, -0.2) is 0 Å². The van der Waals surface area contributed by atoms with Gasteiger partial charge in [-0.05, 0) is 18.9 Å². The number of carbonyl (C=O) groups is 2. The van der Waals surface area contributed by atoms with Crippen LogP contribution in [-0.4, -0.2) is 23.7 Å². The van der Waals surface area contributed by atoms with Crippen LogP contribution >= 0.6 is 0 Å². The fourth-order valence-corrected chi connectivity index (χ4v) is 1.92. The number of hydrogen-bond donors (Lipinski definition) is 1. The number of ether oxygens (including phenoxy) is 1. The topological polar surface area (TPSA) is 63.6 Å². The predicted molar refractivity (Wildman–Crippen MR) is 70.5 cm³/mol. The first-order chi connectivity index (χ1) is 9.09. The fourth-order valence-electron chi connectivity index (χ4n) is 1.92.